The molecule has 1 aliphatic rings. The van der Waals surface area contributed by atoms with E-state index in [0.29, 0.717) is 11.9 Å². The van der Waals surface area contributed by atoms with Crippen molar-refractivity contribution < 1.29 is 4.79 Å². The normalized spacial score (nSPS) is 15.3. The van der Waals surface area contributed by atoms with Crippen LogP contribution in [-0.4, -0.2) is 32.2 Å². The molecular formula is C15H19N5O. The third-order valence-electron chi connectivity index (χ3n) is 3.73. The summed E-state index contributed by atoms with van der Waals surface area (Å²) < 4.78 is 0. The van der Waals surface area contributed by atoms with Crippen LogP contribution in [0.2, 0.25) is 0 Å². The number of hydrogen-bond donors (Lipinski definition) is 1. The van der Waals surface area contributed by atoms with E-state index in [2.05, 4.69) is 20.7 Å². The highest BCUT2D eigenvalue weighted by Gasteiger charge is 2.18. The fraction of sp³-hybridized carbons (Fsp3) is 0.467. The number of carbonyl (C=O) groups excluding carboxylic acids is 1. The number of hydrogen-bond acceptors (Lipinski definition) is 4. The van der Waals surface area contributed by atoms with Crippen molar-refractivity contribution in [3.63, 3.8) is 0 Å². The third kappa shape index (κ3) is 3.45. The van der Waals surface area contributed by atoms with Gasteiger partial charge in [-0.15, -0.1) is 10.2 Å². The van der Waals surface area contributed by atoms with E-state index < -0.39 is 0 Å². The number of benzene rings is 1. The standard InChI is InChI=1S/C15H19N5O/c1-11-5-4-6-12(9-11)15-17-19-20(18-15)10-14(21)16-13-7-2-3-8-13/h4-6,9,13H,2-3,7-8,10H2,1H3,(H,16,21). The number of nitrogens with one attached hydrogen (secondary N) is 1. The van der Waals surface area contributed by atoms with Gasteiger partial charge in [-0.3, -0.25) is 4.79 Å². The van der Waals surface area contributed by atoms with E-state index in [4.69, 9.17) is 0 Å². The Hall–Kier alpha value is -2.24. The smallest absolute Gasteiger partial charge is 0.243 e. The van der Waals surface area contributed by atoms with Crippen LogP contribution in [0.3, 0.4) is 0 Å². The Morgan fingerprint density at radius 1 is 1.38 bits per heavy atom. The van der Waals surface area contributed by atoms with Gasteiger partial charge in [-0.05, 0) is 31.0 Å². The second-order valence-corrected chi connectivity index (χ2v) is 5.56. The van der Waals surface area contributed by atoms with Crippen LogP contribution in [0.5, 0.6) is 0 Å². The minimum Gasteiger partial charge on any atom is -0.352 e. The van der Waals surface area contributed by atoms with Gasteiger partial charge in [-0.25, -0.2) is 0 Å². The molecule has 1 saturated carbocycles. The van der Waals surface area contributed by atoms with Gasteiger partial charge >= 0.3 is 0 Å². The molecule has 0 radical (unpaired) electrons. The lowest BCUT2D eigenvalue weighted by Crippen LogP contribution is -2.35. The number of rotatable bonds is 4. The van der Waals surface area contributed by atoms with Crippen molar-refractivity contribution in [3.8, 4) is 11.4 Å². The molecule has 1 fully saturated rings. The number of aromatic nitrogens is 4. The molecule has 0 aliphatic heterocycles. The second-order valence-electron chi connectivity index (χ2n) is 5.56. The Morgan fingerprint density at radius 2 is 2.19 bits per heavy atom. The summed E-state index contributed by atoms with van der Waals surface area (Å²) >= 11 is 0. The third-order valence-corrected chi connectivity index (χ3v) is 3.73. The van der Waals surface area contributed by atoms with Crippen molar-refractivity contribution in [3.05, 3.63) is 29.8 Å². The molecule has 0 bridgehead atoms. The molecule has 6 heteroatoms. The average Bonchev–Trinajstić information content (AvgIpc) is 3.10. The van der Waals surface area contributed by atoms with E-state index in [1.165, 1.54) is 17.6 Å². The zero-order valence-corrected chi connectivity index (χ0v) is 12.1. The van der Waals surface area contributed by atoms with Crippen LogP contribution >= 0.6 is 0 Å². The summed E-state index contributed by atoms with van der Waals surface area (Å²) in [5, 5.41) is 15.3. The van der Waals surface area contributed by atoms with Crippen LogP contribution < -0.4 is 5.32 Å². The van der Waals surface area contributed by atoms with E-state index in [-0.39, 0.29) is 12.5 Å². The lowest BCUT2D eigenvalue weighted by Gasteiger charge is -2.10. The largest absolute Gasteiger partial charge is 0.352 e. The van der Waals surface area contributed by atoms with E-state index >= 15 is 0 Å². The van der Waals surface area contributed by atoms with Gasteiger partial charge in [0, 0.05) is 11.6 Å². The average molecular weight is 285 g/mol. The maximum absolute atomic E-state index is 11.9. The molecule has 1 aromatic carbocycles. The molecular weight excluding hydrogens is 266 g/mol. The monoisotopic (exact) mass is 285 g/mol. The molecule has 21 heavy (non-hydrogen) atoms. The van der Waals surface area contributed by atoms with E-state index in [1.807, 2.05) is 31.2 Å². The molecule has 1 aliphatic carbocycles. The summed E-state index contributed by atoms with van der Waals surface area (Å²) in [6, 6.07) is 8.23. The first-order valence-corrected chi connectivity index (χ1v) is 7.35. The lowest BCUT2D eigenvalue weighted by molar-refractivity contribution is -0.122. The maximum Gasteiger partial charge on any atom is 0.243 e. The van der Waals surface area contributed by atoms with E-state index in [9.17, 15) is 4.79 Å². The quantitative estimate of drug-likeness (QED) is 0.928. The molecule has 0 unspecified atom stereocenters. The van der Waals surface area contributed by atoms with Crippen molar-refractivity contribution in [2.45, 2.75) is 45.2 Å². The van der Waals surface area contributed by atoms with Crippen LogP contribution in [0.15, 0.2) is 24.3 Å². The highest BCUT2D eigenvalue weighted by Crippen LogP contribution is 2.17. The molecule has 2 aromatic rings. The highest BCUT2D eigenvalue weighted by molar-refractivity contribution is 5.75. The van der Waals surface area contributed by atoms with E-state index in [1.54, 1.807) is 0 Å². The molecule has 3 rings (SSSR count). The van der Waals surface area contributed by atoms with Crippen LogP contribution in [0.1, 0.15) is 31.2 Å². The number of tetrazole rings is 1. The van der Waals surface area contributed by atoms with Crippen molar-refractivity contribution in [2.24, 2.45) is 0 Å². The lowest BCUT2D eigenvalue weighted by atomic mass is 10.1. The second kappa shape index (κ2) is 6.03. The minimum absolute atomic E-state index is 0.0462. The van der Waals surface area contributed by atoms with Gasteiger partial charge < -0.3 is 5.32 Å². The van der Waals surface area contributed by atoms with Gasteiger partial charge in [0.2, 0.25) is 11.7 Å². The number of amides is 1. The summed E-state index contributed by atoms with van der Waals surface area (Å²) in [5.41, 5.74) is 2.06. The summed E-state index contributed by atoms with van der Waals surface area (Å²) in [5.74, 6) is 0.502. The molecule has 0 spiro atoms. The summed E-state index contributed by atoms with van der Waals surface area (Å²) in [6.07, 6.45) is 4.55. The maximum atomic E-state index is 11.9. The number of aryl methyl sites for hydroxylation is 1. The van der Waals surface area contributed by atoms with Gasteiger partial charge in [0.15, 0.2) is 0 Å². The zero-order chi connectivity index (χ0) is 14.7. The molecule has 1 heterocycles. The predicted octanol–water partition coefficient (Wildman–Crippen LogP) is 1.71. The molecule has 1 amide bonds. The zero-order valence-electron chi connectivity index (χ0n) is 12.1. The Kier molecular flexibility index (Phi) is 3.94. The minimum atomic E-state index is -0.0462. The highest BCUT2D eigenvalue weighted by atomic mass is 16.2. The van der Waals surface area contributed by atoms with Crippen molar-refractivity contribution in [1.29, 1.82) is 0 Å². The van der Waals surface area contributed by atoms with Crippen LogP contribution in [-0.2, 0) is 11.3 Å². The first-order chi connectivity index (χ1) is 10.2. The first kappa shape index (κ1) is 13.7. The topological polar surface area (TPSA) is 72.7 Å². The van der Waals surface area contributed by atoms with Crippen LogP contribution in [0.4, 0.5) is 0 Å². The summed E-state index contributed by atoms with van der Waals surface area (Å²) in [6.45, 7) is 2.14. The predicted molar refractivity (Wildman–Crippen MR) is 78.4 cm³/mol. The van der Waals surface area contributed by atoms with Crippen molar-refractivity contribution in [1.82, 2.24) is 25.5 Å². The number of carbonyl (C=O) groups is 1. The Morgan fingerprint density at radius 3 is 2.95 bits per heavy atom. The summed E-state index contributed by atoms with van der Waals surface area (Å²) in [7, 11) is 0. The Labute approximate surface area is 123 Å². The van der Waals surface area contributed by atoms with Gasteiger partial charge in [-0.2, -0.15) is 4.80 Å². The Balaban J connectivity index is 1.63. The van der Waals surface area contributed by atoms with Gasteiger partial charge in [0.1, 0.15) is 6.54 Å². The first-order valence-electron chi connectivity index (χ1n) is 7.35. The Bertz CT molecular complexity index is 630. The van der Waals surface area contributed by atoms with Gasteiger partial charge in [0.25, 0.3) is 0 Å². The molecule has 110 valence electrons. The van der Waals surface area contributed by atoms with Crippen molar-refractivity contribution >= 4 is 5.91 Å². The SMILES string of the molecule is Cc1cccc(-c2nnn(CC(=O)NC3CCCC3)n2)c1. The van der Waals surface area contributed by atoms with Crippen LogP contribution in [0, 0.1) is 6.92 Å². The molecule has 1 N–H and O–H groups in total. The fourth-order valence-electron chi connectivity index (χ4n) is 2.68. The fourth-order valence-corrected chi connectivity index (χ4v) is 2.68. The molecule has 1 aromatic heterocycles. The van der Waals surface area contributed by atoms with Gasteiger partial charge in [0.05, 0.1) is 0 Å². The van der Waals surface area contributed by atoms with Gasteiger partial charge in [-0.1, -0.05) is 36.6 Å². The molecule has 0 saturated heterocycles. The van der Waals surface area contributed by atoms with E-state index in [0.717, 1.165) is 24.0 Å². The summed E-state index contributed by atoms with van der Waals surface area (Å²) in [4.78, 5) is 13.3. The molecule has 6 nitrogen and oxygen atoms in total. The number of nitrogens with zero attached hydrogens (tertiary/aromatic N) is 4. The molecule has 0 atom stereocenters. The van der Waals surface area contributed by atoms with Crippen molar-refractivity contribution in [2.75, 3.05) is 0 Å². The van der Waals surface area contributed by atoms with Crippen LogP contribution in [0.25, 0.3) is 11.4 Å².